The molecule has 2 atom stereocenters. The molecule has 15 heteroatoms. The summed E-state index contributed by atoms with van der Waals surface area (Å²) in [5.74, 6) is -2.15. The number of urea groups is 1. The van der Waals surface area contributed by atoms with Gasteiger partial charge in [-0.3, -0.25) is 9.69 Å². The summed E-state index contributed by atoms with van der Waals surface area (Å²) in [5.41, 5.74) is -0.865. The molecule has 2 aromatic carbocycles. The standard InChI is InChI=1S/C26H28F2N9O4/c1-3-24(38)41-17-33-15-30-34(16-33)13-26(40,22-9-4-19(27)12-23(22)28)18(2)35-10-11-36(25(35)39)20-5-7-21(8-6-20)37-14-29-31-32-37/h4-9,12,14,18,40H,3,10-11,13,16-17H2,1-2H3/q+1/t18-,26+/m1/s1. The second-order valence-electron chi connectivity index (χ2n) is 9.67. The fraction of sp³-hybridized carbons (Fsp3) is 0.385. The highest BCUT2D eigenvalue weighted by atomic mass is 19.1. The Morgan fingerprint density at radius 3 is 2.61 bits per heavy atom. The van der Waals surface area contributed by atoms with Crippen LogP contribution >= 0.6 is 0 Å². The molecule has 214 valence electrons. The SMILES string of the molecule is CCC(=O)OCN1[C+]=NN(C[C@@](O)(c2ccc(F)cc2F)[C@@H](C)N2CCN(c3ccc(-n4cnnn4)cc3)C2=O)C1. The van der Waals surface area contributed by atoms with Gasteiger partial charge in [-0.25, -0.2) is 23.3 Å². The maximum Gasteiger partial charge on any atom is 0.547 e. The number of hydrogen-bond donors (Lipinski definition) is 1. The van der Waals surface area contributed by atoms with Crippen molar-refractivity contribution in [1.29, 1.82) is 0 Å². The summed E-state index contributed by atoms with van der Waals surface area (Å²) in [6.45, 7) is 3.57. The maximum atomic E-state index is 15.1. The van der Waals surface area contributed by atoms with Gasteiger partial charge in [0.1, 0.15) is 28.7 Å². The summed E-state index contributed by atoms with van der Waals surface area (Å²) in [7, 11) is 0. The van der Waals surface area contributed by atoms with Crippen LogP contribution in [0, 0.1) is 11.6 Å². The molecule has 0 unspecified atom stereocenters. The normalized spacial score (nSPS) is 17.1. The van der Waals surface area contributed by atoms with Crippen LogP contribution in [0.2, 0.25) is 0 Å². The molecule has 1 N–H and O–H groups in total. The van der Waals surface area contributed by atoms with Gasteiger partial charge in [-0.05, 0) is 47.7 Å². The second kappa shape index (κ2) is 11.4. The molecule has 2 aliphatic rings. The number of aromatic nitrogens is 4. The Kier molecular flexibility index (Phi) is 7.72. The van der Waals surface area contributed by atoms with Crippen LogP contribution in [-0.4, -0.2) is 97.5 Å². The maximum absolute atomic E-state index is 15.1. The Bertz CT molecular complexity index is 1420. The van der Waals surface area contributed by atoms with Gasteiger partial charge in [-0.1, -0.05) is 17.9 Å². The first-order chi connectivity index (χ1) is 19.7. The zero-order valence-corrected chi connectivity index (χ0v) is 22.4. The van der Waals surface area contributed by atoms with Gasteiger partial charge >= 0.3 is 18.3 Å². The van der Waals surface area contributed by atoms with E-state index in [9.17, 15) is 19.1 Å². The number of halogens is 2. The molecule has 3 heterocycles. The first-order valence-electron chi connectivity index (χ1n) is 12.9. The monoisotopic (exact) mass is 568 g/mol. The lowest BCUT2D eigenvalue weighted by Gasteiger charge is -2.40. The molecule has 0 spiro atoms. The van der Waals surface area contributed by atoms with Crippen molar-refractivity contribution in [3.05, 3.63) is 66.0 Å². The molecule has 3 aromatic rings. The number of benzene rings is 2. The molecule has 1 aromatic heterocycles. The number of ether oxygens (including phenoxy) is 1. The Morgan fingerprint density at radius 2 is 1.93 bits per heavy atom. The minimum atomic E-state index is -2.01. The summed E-state index contributed by atoms with van der Waals surface area (Å²) in [6.07, 6.45) is 4.34. The Morgan fingerprint density at radius 1 is 1.17 bits per heavy atom. The van der Waals surface area contributed by atoms with Crippen molar-refractivity contribution in [3.8, 4) is 5.69 Å². The van der Waals surface area contributed by atoms with Crippen molar-refractivity contribution in [2.24, 2.45) is 5.10 Å². The smallest absolute Gasteiger partial charge is 0.440 e. The van der Waals surface area contributed by atoms with Gasteiger partial charge in [0.05, 0.1) is 18.3 Å². The van der Waals surface area contributed by atoms with Gasteiger partial charge in [-0.2, -0.15) is 0 Å². The third-order valence-corrected chi connectivity index (χ3v) is 7.13. The molecule has 2 amide bonds. The van der Waals surface area contributed by atoms with Gasteiger partial charge < -0.3 is 14.7 Å². The second-order valence-corrected chi connectivity index (χ2v) is 9.67. The summed E-state index contributed by atoms with van der Waals surface area (Å²) in [4.78, 5) is 29.6. The molecule has 5 rings (SSSR count). The fourth-order valence-electron chi connectivity index (χ4n) is 4.83. The number of rotatable bonds is 10. The number of β-amino-alcohol motifs (C(OH)–C–C–N with tert-alkyl or cyclic N) is 1. The quantitative estimate of drug-likeness (QED) is 0.287. The van der Waals surface area contributed by atoms with Gasteiger partial charge in [0.15, 0.2) is 6.67 Å². The van der Waals surface area contributed by atoms with E-state index >= 15 is 4.39 Å². The van der Waals surface area contributed by atoms with E-state index in [2.05, 4.69) is 27.0 Å². The number of hydrazone groups is 1. The van der Waals surface area contributed by atoms with Crippen molar-refractivity contribution in [2.75, 3.05) is 37.9 Å². The number of nitrogens with zero attached hydrogens (tertiary/aromatic N) is 9. The minimum absolute atomic E-state index is 0.0859. The largest absolute Gasteiger partial charge is 0.547 e. The Hall–Kier alpha value is -4.75. The molecule has 1 fully saturated rings. The van der Waals surface area contributed by atoms with Gasteiger partial charge in [0.2, 0.25) is 6.73 Å². The average Bonchev–Trinajstić information content (AvgIpc) is 3.73. The first-order valence-corrected chi connectivity index (χ1v) is 12.9. The predicted octanol–water partition coefficient (Wildman–Crippen LogP) is 1.76. The van der Waals surface area contributed by atoms with Crippen molar-refractivity contribution < 1.29 is 28.2 Å². The molecule has 0 bridgehead atoms. The molecule has 2 aliphatic heterocycles. The van der Waals surface area contributed by atoms with E-state index in [1.807, 2.05) is 0 Å². The average molecular weight is 569 g/mol. The number of tetrazole rings is 1. The lowest BCUT2D eigenvalue weighted by Crippen LogP contribution is -2.55. The molecule has 0 saturated carbocycles. The van der Waals surface area contributed by atoms with Crippen LogP contribution in [0.1, 0.15) is 25.8 Å². The molecule has 13 nitrogen and oxygen atoms in total. The zero-order valence-electron chi connectivity index (χ0n) is 22.4. The van der Waals surface area contributed by atoms with Crippen LogP contribution in [0.15, 0.2) is 53.9 Å². The zero-order chi connectivity index (χ0) is 29.1. The predicted molar refractivity (Wildman–Crippen MR) is 140 cm³/mol. The van der Waals surface area contributed by atoms with Crippen molar-refractivity contribution in [1.82, 2.24) is 35.0 Å². The fourth-order valence-corrected chi connectivity index (χ4v) is 4.83. The number of carbonyl (C=O) groups excluding carboxylic acids is 2. The minimum Gasteiger partial charge on any atom is -0.440 e. The van der Waals surface area contributed by atoms with Crippen molar-refractivity contribution >= 4 is 24.0 Å². The molecule has 0 radical (unpaired) electrons. The van der Waals surface area contributed by atoms with E-state index in [1.54, 1.807) is 43.0 Å². The van der Waals surface area contributed by atoms with Crippen molar-refractivity contribution in [3.63, 3.8) is 0 Å². The van der Waals surface area contributed by atoms with E-state index in [4.69, 9.17) is 4.74 Å². The first kappa shape index (κ1) is 27.8. The number of carbonyl (C=O) groups is 2. The Labute approximate surface area is 234 Å². The van der Waals surface area contributed by atoms with Crippen LogP contribution in [0.4, 0.5) is 19.3 Å². The van der Waals surface area contributed by atoms with Crippen LogP contribution < -0.4 is 4.90 Å². The van der Waals surface area contributed by atoms with Crippen LogP contribution in [-0.2, 0) is 15.1 Å². The highest BCUT2D eigenvalue weighted by Crippen LogP contribution is 2.35. The topological polar surface area (TPSA) is 133 Å². The Balaban J connectivity index is 1.35. The summed E-state index contributed by atoms with van der Waals surface area (Å²) in [6, 6.07) is 8.60. The van der Waals surface area contributed by atoms with Gasteiger partial charge in [0.25, 0.3) is 0 Å². The summed E-state index contributed by atoms with van der Waals surface area (Å²) in [5, 5.41) is 28.7. The third-order valence-electron chi connectivity index (χ3n) is 7.13. The molecule has 41 heavy (non-hydrogen) atoms. The molecule has 0 aliphatic carbocycles. The van der Waals surface area contributed by atoms with Gasteiger partial charge in [0, 0.05) is 36.8 Å². The van der Waals surface area contributed by atoms with E-state index in [-0.39, 0.29) is 38.5 Å². The summed E-state index contributed by atoms with van der Waals surface area (Å²) < 4.78 is 35.5. The van der Waals surface area contributed by atoms with Crippen LogP contribution in [0.5, 0.6) is 0 Å². The molecular weight excluding hydrogens is 540 g/mol. The number of esters is 1. The van der Waals surface area contributed by atoms with E-state index < -0.39 is 35.3 Å². The number of aliphatic hydroxyl groups is 1. The van der Waals surface area contributed by atoms with Crippen LogP contribution in [0.3, 0.4) is 0 Å². The van der Waals surface area contributed by atoms with E-state index in [0.717, 1.165) is 6.07 Å². The third kappa shape index (κ3) is 5.62. The van der Waals surface area contributed by atoms with Gasteiger partial charge in [-0.15, -0.1) is 5.10 Å². The van der Waals surface area contributed by atoms with E-state index in [0.29, 0.717) is 24.0 Å². The van der Waals surface area contributed by atoms with Crippen LogP contribution in [0.25, 0.3) is 5.69 Å². The lowest BCUT2D eigenvalue weighted by atomic mass is 9.85. The number of amides is 2. The number of anilines is 1. The highest BCUT2D eigenvalue weighted by molar-refractivity contribution is 5.94. The lowest BCUT2D eigenvalue weighted by molar-refractivity contribution is -0.146. The summed E-state index contributed by atoms with van der Waals surface area (Å²) >= 11 is 0. The van der Waals surface area contributed by atoms with E-state index in [1.165, 1.54) is 31.9 Å². The number of hydrogen-bond acceptors (Lipinski definition) is 10. The molecule has 1 saturated heterocycles. The van der Waals surface area contributed by atoms with Crippen molar-refractivity contribution in [2.45, 2.75) is 31.9 Å². The highest BCUT2D eigenvalue weighted by Gasteiger charge is 2.48. The molecular formula is C26H28F2N9O4+.